The van der Waals surface area contributed by atoms with E-state index in [4.69, 9.17) is 4.99 Å². The van der Waals surface area contributed by atoms with E-state index in [-0.39, 0.29) is 18.0 Å². The molecular formula is C28H30N4O2. The second-order valence-corrected chi connectivity index (χ2v) is 9.93. The number of nitrogens with zero attached hydrogens (tertiary/aromatic N) is 3. The van der Waals surface area contributed by atoms with E-state index in [0.717, 1.165) is 72.3 Å². The van der Waals surface area contributed by atoms with E-state index >= 15 is 0 Å². The summed E-state index contributed by atoms with van der Waals surface area (Å²) in [5.41, 5.74) is 0.0838. The lowest BCUT2D eigenvalue weighted by Gasteiger charge is -2.47. The zero-order valence-corrected chi connectivity index (χ0v) is 19.6. The maximum atomic E-state index is 14.3. The molecule has 1 spiro atoms. The average Bonchev–Trinajstić information content (AvgIpc) is 3.13. The number of benzene rings is 3. The van der Waals surface area contributed by atoms with Gasteiger partial charge in [-0.15, -0.1) is 0 Å². The molecule has 6 nitrogen and oxygen atoms in total. The smallest absolute Gasteiger partial charge is 0.256 e. The fourth-order valence-electron chi connectivity index (χ4n) is 6.20. The third-order valence-electron chi connectivity index (χ3n) is 7.74. The number of amidine groups is 1. The van der Waals surface area contributed by atoms with Crippen LogP contribution in [0.15, 0.2) is 59.6 Å². The summed E-state index contributed by atoms with van der Waals surface area (Å²) >= 11 is 0. The van der Waals surface area contributed by atoms with Gasteiger partial charge in [-0.2, -0.15) is 0 Å². The Morgan fingerprint density at radius 1 is 1.00 bits per heavy atom. The van der Waals surface area contributed by atoms with Gasteiger partial charge in [0.1, 0.15) is 5.84 Å². The predicted molar refractivity (Wildman–Crippen MR) is 135 cm³/mol. The zero-order valence-electron chi connectivity index (χ0n) is 19.6. The Bertz CT molecular complexity index is 1280. The van der Waals surface area contributed by atoms with E-state index in [1.165, 1.54) is 0 Å². The summed E-state index contributed by atoms with van der Waals surface area (Å²) < 4.78 is 0. The molecule has 0 aliphatic carbocycles. The summed E-state index contributed by atoms with van der Waals surface area (Å²) in [4.78, 5) is 36.2. The minimum absolute atomic E-state index is 0.00318. The van der Waals surface area contributed by atoms with Crippen molar-refractivity contribution in [1.29, 1.82) is 0 Å². The van der Waals surface area contributed by atoms with Crippen molar-refractivity contribution in [3.63, 3.8) is 0 Å². The maximum absolute atomic E-state index is 14.3. The molecule has 3 aromatic rings. The van der Waals surface area contributed by atoms with E-state index < -0.39 is 5.54 Å². The SMILES string of the molecule is CC1=NC2(CCCN(C3CCCCN3C(=O)c3c4ccccc4cc4ccccc34)C2)C(=O)N1. The summed E-state index contributed by atoms with van der Waals surface area (Å²) in [6.07, 6.45) is 4.67. The highest BCUT2D eigenvalue weighted by atomic mass is 16.2. The van der Waals surface area contributed by atoms with Crippen LogP contribution in [0.1, 0.15) is 49.4 Å². The number of aliphatic imine (C=N–C) groups is 1. The molecule has 3 aliphatic heterocycles. The first-order valence-electron chi connectivity index (χ1n) is 12.4. The van der Waals surface area contributed by atoms with Gasteiger partial charge in [-0.05, 0) is 66.6 Å². The first-order chi connectivity index (χ1) is 16.6. The Kier molecular flexibility index (Phi) is 5.14. The van der Waals surface area contributed by atoms with E-state index in [0.29, 0.717) is 12.4 Å². The number of piperidine rings is 2. The molecule has 2 amide bonds. The minimum atomic E-state index is -0.708. The number of nitrogens with one attached hydrogen (secondary N) is 1. The first kappa shape index (κ1) is 21.3. The average molecular weight is 455 g/mol. The number of fused-ring (bicyclic) bond motifs is 2. The normalized spacial score (nSPS) is 25.7. The highest BCUT2D eigenvalue weighted by Gasteiger charge is 2.48. The Morgan fingerprint density at radius 2 is 1.71 bits per heavy atom. The van der Waals surface area contributed by atoms with Crippen LogP contribution >= 0.6 is 0 Å². The number of hydrogen-bond donors (Lipinski definition) is 1. The van der Waals surface area contributed by atoms with Crippen LogP contribution in [0.3, 0.4) is 0 Å². The van der Waals surface area contributed by atoms with Gasteiger partial charge in [0.15, 0.2) is 5.54 Å². The third kappa shape index (κ3) is 3.40. The lowest BCUT2D eigenvalue weighted by molar-refractivity contribution is -0.126. The number of rotatable bonds is 2. The zero-order chi connectivity index (χ0) is 23.3. The van der Waals surface area contributed by atoms with Gasteiger partial charge < -0.3 is 10.2 Å². The van der Waals surface area contributed by atoms with Crippen LogP contribution in [0.5, 0.6) is 0 Å². The molecule has 0 saturated carbocycles. The van der Waals surface area contributed by atoms with Crippen molar-refractivity contribution in [3.05, 3.63) is 60.2 Å². The third-order valence-corrected chi connectivity index (χ3v) is 7.74. The van der Waals surface area contributed by atoms with Crippen molar-refractivity contribution >= 4 is 39.2 Å². The monoisotopic (exact) mass is 454 g/mol. The quantitative estimate of drug-likeness (QED) is 0.587. The Morgan fingerprint density at radius 3 is 2.38 bits per heavy atom. The van der Waals surface area contributed by atoms with Gasteiger partial charge in [-0.3, -0.25) is 19.5 Å². The predicted octanol–water partition coefficient (Wildman–Crippen LogP) is 4.33. The molecule has 2 fully saturated rings. The highest BCUT2D eigenvalue weighted by molar-refractivity contribution is 6.18. The van der Waals surface area contributed by atoms with Crippen molar-refractivity contribution in [2.45, 2.75) is 50.7 Å². The van der Waals surface area contributed by atoms with Crippen LogP contribution in [0.4, 0.5) is 0 Å². The summed E-state index contributed by atoms with van der Waals surface area (Å²) in [6.45, 7) is 4.04. The van der Waals surface area contributed by atoms with Gasteiger partial charge in [0, 0.05) is 19.6 Å². The summed E-state index contributed by atoms with van der Waals surface area (Å²) in [7, 11) is 0. The summed E-state index contributed by atoms with van der Waals surface area (Å²) in [5.74, 6) is 0.793. The lowest BCUT2D eigenvalue weighted by Crippen LogP contribution is -2.60. The number of carbonyl (C=O) groups excluding carboxylic acids is 2. The molecule has 2 atom stereocenters. The fourth-order valence-corrected chi connectivity index (χ4v) is 6.20. The molecule has 34 heavy (non-hydrogen) atoms. The van der Waals surface area contributed by atoms with Crippen LogP contribution in [-0.2, 0) is 4.79 Å². The topological polar surface area (TPSA) is 65.0 Å². The van der Waals surface area contributed by atoms with Gasteiger partial charge in [0.05, 0.1) is 11.7 Å². The lowest BCUT2D eigenvalue weighted by atomic mass is 9.88. The van der Waals surface area contributed by atoms with Crippen molar-refractivity contribution in [2.24, 2.45) is 4.99 Å². The minimum Gasteiger partial charge on any atom is -0.323 e. The largest absolute Gasteiger partial charge is 0.323 e. The fraction of sp³-hybridized carbons (Fsp3) is 0.393. The van der Waals surface area contributed by atoms with Crippen LogP contribution in [-0.4, -0.2) is 58.8 Å². The van der Waals surface area contributed by atoms with Crippen molar-refractivity contribution in [1.82, 2.24) is 15.1 Å². The van der Waals surface area contributed by atoms with E-state index in [9.17, 15) is 9.59 Å². The molecule has 6 heteroatoms. The second kappa shape index (κ2) is 8.20. The molecule has 2 saturated heterocycles. The Hall–Kier alpha value is -3.25. The maximum Gasteiger partial charge on any atom is 0.256 e. The van der Waals surface area contributed by atoms with Gasteiger partial charge in [0.2, 0.25) is 0 Å². The molecule has 3 aromatic carbocycles. The van der Waals surface area contributed by atoms with E-state index in [1.54, 1.807) is 0 Å². The second-order valence-electron chi connectivity index (χ2n) is 9.93. The number of hydrogen-bond acceptors (Lipinski definition) is 4. The van der Waals surface area contributed by atoms with Crippen molar-refractivity contribution < 1.29 is 9.59 Å². The van der Waals surface area contributed by atoms with Crippen LogP contribution < -0.4 is 5.32 Å². The van der Waals surface area contributed by atoms with Gasteiger partial charge >= 0.3 is 0 Å². The standard InChI is InChI=1S/C28H30N4O2/c1-19-29-27(34)28(30-19)14-8-15-31(18-28)24-13-6-7-16-32(24)26(33)25-22-11-4-2-9-20(22)17-21-10-3-5-12-23(21)25/h2-5,9-12,17,24H,6-8,13-16,18H2,1H3,(H,29,30,34). The molecule has 1 N–H and O–H groups in total. The number of likely N-dealkylation sites (tertiary alicyclic amines) is 2. The van der Waals surface area contributed by atoms with E-state index in [2.05, 4.69) is 45.4 Å². The number of amides is 2. The van der Waals surface area contributed by atoms with Crippen molar-refractivity contribution in [2.75, 3.05) is 19.6 Å². The molecule has 3 aliphatic rings. The number of carbonyl (C=O) groups is 2. The molecular weight excluding hydrogens is 424 g/mol. The van der Waals surface area contributed by atoms with E-state index in [1.807, 2.05) is 31.2 Å². The molecule has 0 aromatic heterocycles. The molecule has 0 bridgehead atoms. The van der Waals surface area contributed by atoms with Gasteiger partial charge in [-0.1, -0.05) is 48.5 Å². The highest BCUT2D eigenvalue weighted by Crippen LogP contribution is 2.35. The molecule has 2 unspecified atom stereocenters. The Balaban J connectivity index is 1.40. The molecule has 174 valence electrons. The van der Waals surface area contributed by atoms with Crippen LogP contribution in [0, 0.1) is 0 Å². The summed E-state index contributed by atoms with van der Waals surface area (Å²) in [6, 6.07) is 18.5. The van der Waals surface area contributed by atoms with Crippen LogP contribution in [0.2, 0.25) is 0 Å². The Labute approximate surface area is 199 Å². The molecule has 6 rings (SSSR count). The first-order valence-corrected chi connectivity index (χ1v) is 12.4. The molecule has 3 heterocycles. The molecule has 0 radical (unpaired) electrons. The van der Waals surface area contributed by atoms with Gasteiger partial charge in [0.25, 0.3) is 11.8 Å². The summed E-state index contributed by atoms with van der Waals surface area (Å²) in [5, 5.41) is 7.08. The van der Waals surface area contributed by atoms with Crippen LogP contribution in [0.25, 0.3) is 21.5 Å². The van der Waals surface area contributed by atoms with Crippen molar-refractivity contribution in [3.8, 4) is 0 Å². The van der Waals surface area contributed by atoms with Gasteiger partial charge in [-0.25, -0.2) is 0 Å².